The molecule has 4 aromatic carbocycles. The summed E-state index contributed by atoms with van der Waals surface area (Å²) in [6.45, 7) is 0. The molecule has 2 nitrogen and oxygen atoms in total. The molecule has 0 unspecified atom stereocenters. The summed E-state index contributed by atoms with van der Waals surface area (Å²) >= 11 is 0. The summed E-state index contributed by atoms with van der Waals surface area (Å²) in [5, 5.41) is 2.70. The molecule has 0 atom stereocenters. The summed E-state index contributed by atoms with van der Waals surface area (Å²) in [5.41, 5.74) is 14.0. The van der Waals surface area contributed by atoms with Crippen molar-refractivity contribution in [3.05, 3.63) is 120 Å². The molecule has 1 aliphatic carbocycles. The molecular weight excluding hydrogens is 436 g/mol. The Labute approximate surface area is 212 Å². The SMILES string of the molecule is Cn1c(CCc2ccccc2)cc2ccc3c(c21)-c1ccc2cc(CCc4ccccc4)n(C)c2c1-3. The molecule has 36 heavy (non-hydrogen) atoms. The molecule has 1 aliphatic rings. The summed E-state index contributed by atoms with van der Waals surface area (Å²) in [6, 6.07) is 35.7. The van der Waals surface area contributed by atoms with Crippen LogP contribution in [0.1, 0.15) is 22.5 Å². The molecule has 7 rings (SSSR count). The van der Waals surface area contributed by atoms with Gasteiger partial charge in [-0.3, -0.25) is 0 Å². The maximum absolute atomic E-state index is 2.43. The molecule has 0 aliphatic heterocycles. The van der Waals surface area contributed by atoms with Crippen LogP contribution in [0, 0.1) is 0 Å². The molecule has 0 spiro atoms. The molecule has 0 radical (unpaired) electrons. The maximum Gasteiger partial charge on any atom is 0.0566 e. The van der Waals surface area contributed by atoms with Crippen molar-refractivity contribution in [3.8, 4) is 22.3 Å². The van der Waals surface area contributed by atoms with Gasteiger partial charge >= 0.3 is 0 Å². The van der Waals surface area contributed by atoms with Crippen LogP contribution >= 0.6 is 0 Å². The second kappa shape index (κ2) is 8.27. The average Bonchev–Trinajstić information content (AvgIpc) is 3.39. The lowest BCUT2D eigenvalue weighted by Crippen LogP contribution is -2.06. The summed E-state index contributed by atoms with van der Waals surface area (Å²) in [7, 11) is 4.48. The molecule has 2 aromatic heterocycles. The fourth-order valence-corrected chi connectivity index (χ4v) is 6.22. The Bertz CT molecular complexity index is 1590. The Balaban J connectivity index is 1.25. The van der Waals surface area contributed by atoms with Crippen LogP contribution in [0.25, 0.3) is 44.1 Å². The summed E-state index contributed by atoms with van der Waals surface area (Å²) in [5.74, 6) is 0. The van der Waals surface area contributed by atoms with Crippen LogP contribution in [-0.4, -0.2) is 9.13 Å². The molecule has 6 aromatic rings. The Morgan fingerprint density at radius 1 is 0.472 bits per heavy atom. The fraction of sp³-hybridized carbons (Fsp3) is 0.176. The van der Waals surface area contributed by atoms with E-state index in [1.165, 1.54) is 66.6 Å². The quantitative estimate of drug-likeness (QED) is 0.236. The smallest absolute Gasteiger partial charge is 0.0566 e. The van der Waals surface area contributed by atoms with Gasteiger partial charge in [-0.05, 0) is 60.1 Å². The van der Waals surface area contributed by atoms with Crippen molar-refractivity contribution in [1.29, 1.82) is 0 Å². The monoisotopic (exact) mass is 466 g/mol. The number of hydrogen-bond acceptors (Lipinski definition) is 0. The Morgan fingerprint density at radius 3 is 1.31 bits per heavy atom. The van der Waals surface area contributed by atoms with Crippen LogP contribution in [-0.2, 0) is 39.8 Å². The molecule has 0 N–H and O–H groups in total. The van der Waals surface area contributed by atoms with Gasteiger partial charge in [-0.15, -0.1) is 0 Å². The van der Waals surface area contributed by atoms with Gasteiger partial charge in [0.2, 0.25) is 0 Å². The minimum absolute atomic E-state index is 1.05. The first-order valence-electron chi connectivity index (χ1n) is 13.0. The molecule has 2 heterocycles. The third-order valence-electron chi connectivity index (χ3n) is 8.16. The van der Waals surface area contributed by atoms with Gasteiger partial charge in [0.15, 0.2) is 0 Å². The first kappa shape index (κ1) is 21.3. The van der Waals surface area contributed by atoms with E-state index >= 15 is 0 Å². The van der Waals surface area contributed by atoms with Gasteiger partial charge in [-0.2, -0.15) is 0 Å². The van der Waals surface area contributed by atoms with Crippen molar-refractivity contribution < 1.29 is 0 Å². The van der Waals surface area contributed by atoms with Gasteiger partial charge < -0.3 is 9.13 Å². The molecular formula is C34H30N2. The van der Waals surface area contributed by atoms with E-state index in [0.717, 1.165) is 25.7 Å². The predicted molar refractivity (Wildman–Crippen MR) is 152 cm³/mol. The Kier molecular flexibility index (Phi) is 4.89. The number of fused-ring (bicyclic) bond motifs is 8. The Morgan fingerprint density at radius 2 is 0.889 bits per heavy atom. The van der Waals surface area contributed by atoms with Gasteiger partial charge in [-0.25, -0.2) is 0 Å². The first-order valence-corrected chi connectivity index (χ1v) is 13.0. The predicted octanol–water partition coefficient (Wildman–Crippen LogP) is 7.89. The van der Waals surface area contributed by atoms with E-state index in [4.69, 9.17) is 0 Å². The lowest BCUT2D eigenvalue weighted by molar-refractivity contribution is 0.819. The van der Waals surface area contributed by atoms with Gasteiger partial charge in [0, 0.05) is 47.4 Å². The van der Waals surface area contributed by atoms with E-state index in [9.17, 15) is 0 Å². The first-order chi connectivity index (χ1) is 17.7. The van der Waals surface area contributed by atoms with Gasteiger partial charge in [0.25, 0.3) is 0 Å². The van der Waals surface area contributed by atoms with E-state index in [0.29, 0.717) is 0 Å². The van der Waals surface area contributed by atoms with Crippen molar-refractivity contribution >= 4 is 21.8 Å². The zero-order valence-electron chi connectivity index (χ0n) is 21.0. The van der Waals surface area contributed by atoms with Crippen molar-refractivity contribution in [3.63, 3.8) is 0 Å². The summed E-state index contributed by atoms with van der Waals surface area (Å²) in [6.07, 6.45) is 4.25. The van der Waals surface area contributed by atoms with Crippen LogP contribution in [0.2, 0.25) is 0 Å². The van der Waals surface area contributed by atoms with Gasteiger partial charge in [0.1, 0.15) is 0 Å². The molecule has 176 valence electrons. The highest BCUT2D eigenvalue weighted by molar-refractivity contribution is 6.20. The highest BCUT2D eigenvalue weighted by Crippen LogP contribution is 2.54. The molecule has 0 saturated carbocycles. The second-order valence-electron chi connectivity index (χ2n) is 10.2. The third-order valence-corrected chi connectivity index (χ3v) is 8.16. The highest BCUT2D eigenvalue weighted by atomic mass is 15.0. The van der Waals surface area contributed by atoms with Crippen molar-refractivity contribution in [2.24, 2.45) is 14.1 Å². The number of aryl methyl sites for hydroxylation is 6. The largest absolute Gasteiger partial charge is 0.347 e. The van der Waals surface area contributed by atoms with Crippen molar-refractivity contribution in [2.45, 2.75) is 25.7 Å². The van der Waals surface area contributed by atoms with Crippen LogP contribution in [0.4, 0.5) is 0 Å². The molecule has 0 saturated heterocycles. The molecule has 0 bridgehead atoms. The molecule has 2 heteroatoms. The summed E-state index contributed by atoms with van der Waals surface area (Å²) < 4.78 is 4.86. The van der Waals surface area contributed by atoms with Gasteiger partial charge in [-0.1, -0.05) is 84.9 Å². The van der Waals surface area contributed by atoms with E-state index < -0.39 is 0 Å². The van der Waals surface area contributed by atoms with E-state index in [2.05, 4.69) is 120 Å². The summed E-state index contributed by atoms with van der Waals surface area (Å²) in [4.78, 5) is 0. The average molecular weight is 467 g/mol. The van der Waals surface area contributed by atoms with Crippen LogP contribution in [0.15, 0.2) is 97.1 Å². The lowest BCUT2D eigenvalue weighted by Gasteiger charge is -2.27. The topological polar surface area (TPSA) is 9.86 Å². The Hall–Kier alpha value is -4.04. The van der Waals surface area contributed by atoms with E-state index in [1.807, 2.05) is 0 Å². The fourth-order valence-electron chi connectivity index (χ4n) is 6.22. The zero-order chi connectivity index (χ0) is 24.2. The maximum atomic E-state index is 2.43. The number of rotatable bonds is 6. The van der Waals surface area contributed by atoms with E-state index in [-0.39, 0.29) is 0 Å². The van der Waals surface area contributed by atoms with Crippen molar-refractivity contribution in [2.75, 3.05) is 0 Å². The second-order valence-corrected chi connectivity index (χ2v) is 10.2. The molecule has 0 fully saturated rings. The minimum Gasteiger partial charge on any atom is -0.347 e. The number of benzene rings is 4. The van der Waals surface area contributed by atoms with Crippen LogP contribution < -0.4 is 0 Å². The zero-order valence-corrected chi connectivity index (χ0v) is 21.0. The van der Waals surface area contributed by atoms with Crippen molar-refractivity contribution in [1.82, 2.24) is 9.13 Å². The number of nitrogens with zero attached hydrogens (tertiary/aromatic N) is 2. The lowest BCUT2D eigenvalue weighted by atomic mass is 9.78. The standard InChI is InChI=1S/C34H30N2/c1-35-27(17-13-23-9-5-3-6-10-23)21-25-15-19-29-31(33(25)35)30-20-16-26-22-28(36(2)34(26)32(29)30)18-14-24-11-7-4-8-12-24/h3-12,15-16,19-22H,13-14,17-18H2,1-2H3. The molecule has 0 amide bonds. The van der Waals surface area contributed by atoms with Gasteiger partial charge in [0.05, 0.1) is 11.0 Å². The van der Waals surface area contributed by atoms with E-state index in [1.54, 1.807) is 0 Å². The third kappa shape index (κ3) is 3.25. The van der Waals surface area contributed by atoms with Crippen LogP contribution in [0.3, 0.4) is 0 Å². The van der Waals surface area contributed by atoms with Crippen LogP contribution in [0.5, 0.6) is 0 Å². The normalized spacial score (nSPS) is 12.1. The number of hydrogen-bond donors (Lipinski definition) is 0. The minimum atomic E-state index is 1.05. The number of aromatic nitrogens is 2. The highest BCUT2D eigenvalue weighted by Gasteiger charge is 2.30.